The van der Waals surface area contributed by atoms with E-state index in [1.54, 1.807) is 0 Å². The number of aliphatic hydroxyl groups is 1. The van der Waals surface area contributed by atoms with Crippen LogP contribution in [-0.2, 0) is 10.1 Å². The molecule has 1 N–H and O–H groups in total. The zero-order valence-electron chi connectivity index (χ0n) is 20.4. The number of unbranched alkanes of at least 4 members (excludes halogenated alkanes) is 13. The summed E-state index contributed by atoms with van der Waals surface area (Å²) < 4.78 is 34.6. The van der Waals surface area contributed by atoms with Gasteiger partial charge in [-0.25, -0.2) is 8.42 Å². The van der Waals surface area contributed by atoms with E-state index >= 15 is 0 Å². The summed E-state index contributed by atoms with van der Waals surface area (Å²) in [4.78, 5) is 0. The summed E-state index contributed by atoms with van der Waals surface area (Å²) in [7, 11) is -4.21. The molecule has 6 heteroatoms. The van der Waals surface area contributed by atoms with Crippen molar-refractivity contribution in [1.82, 2.24) is 0 Å². The number of rotatable bonds is 22. The maximum absolute atomic E-state index is 11.5. The van der Waals surface area contributed by atoms with Crippen molar-refractivity contribution in [2.45, 2.75) is 154 Å². The van der Waals surface area contributed by atoms with Gasteiger partial charge >= 0.3 is 29.6 Å². The fraction of sp³-hybridized carbons (Fsp3) is 1.00. The van der Waals surface area contributed by atoms with Crippen molar-refractivity contribution < 1.29 is 47.6 Å². The Kier molecular flexibility index (Phi) is 25.4. The summed E-state index contributed by atoms with van der Waals surface area (Å²) in [5, 5.41) is 9.26. The van der Waals surface area contributed by atoms with Crippen molar-refractivity contribution in [3.8, 4) is 0 Å². The largest absolute Gasteiger partial charge is 1.00 e. The monoisotopic (exact) mass is 456 g/mol. The van der Waals surface area contributed by atoms with Crippen molar-refractivity contribution in [2.75, 3.05) is 0 Å². The van der Waals surface area contributed by atoms with Gasteiger partial charge in [0.1, 0.15) is 0 Å². The van der Waals surface area contributed by atoms with Gasteiger partial charge in [-0.1, -0.05) is 117 Å². The Morgan fingerprint density at radius 1 is 0.600 bits per heavy atom. The van der Waals surface area contributed by atoms with Gasteiger partial charge in [-0.3, -0.25) is 0 Å². The maximum Gasteiger partial charge on any atom is 1.00 e. The molecule has 0 fully saturated rings. The van der Waals surface area contributed by atoms with Crippen LogP contribution in [0.2, 0.25) is 0 Å². The average molecular weight is 457 g/mol. The van der Waals surface area contributed by atoms with Gasteiger partial charge in [0.15, 0.2) is 0 Å². The topological polar surface area (TPSA) is 77.4 Å². The molecule has 30 heavy (non-hydrogen) atoms. The Balaban J connectivity index is 0. The van der Waals surface area contributed by atoms with Gasteiger partial charge in [-0.2, -0.15) is 0 Å². The molecule has 0 aromatic heterocycles. The van der Waals surface area contributed by atoms with Gasteiger partial charge in [0.05, 0.1) is 16.2 Å². The second-order valence-electron chi connectivity index (χ2n) is 8.87. The van der Waals surface area contributed by atoms with Crippen LogP contribution >= 0.6 is 0 Å². The second-order valence-corrected chi connectivity index (χ2v) is 10.5. The molecule has 0 aromatic carbocycles. The van der Waals surface area contributed by atoms with Crippen LogP contribution in [0.4, 0.5) is 0 Å². The summed E-state index contributed by atoms with van der Waals surface area (Å²) in [5.74, 6) is 0. The Bertz CT molecular complexity index is 442. The van der Waals surface area contributed by atoms with Crippen molar-refractivity contribution in [3.05, 3.63) is 0 Å². The first-order chi connectivity index (χ1) is 13.9. The summed E-state index contributed by atoms with van der Waals surface area (Å²) in [6, 6.07) is 0. The van der Waals surface area contributed by atoms with Gasteiger partial charge in [0.2, 0.25) is 0 Å². The zero-order valence-corrected chi connectivity index (χ0v) is 23.2. The molecule has 0 amide bonds. The van der Waals surface area contributed by atoms with Gasteiger partial charge in [0.25, 0.3) is 0 Å². The van der Waals surface area contributed by atoms with Crippen LogP contribution in [0.25, 0.3) is 0 Å². The molecule has 0 spiro atoms. The smallest absolute Gasteiger partial charge is 0.748 e. The SMILES string of the molecule is CCCCCCCCCCCCC(CCCCC(O)CCCCCC)S(=O)(=O)[O-].[Na+]. The molecule has 0 heterocycles. The van der Waals surface area contributed by atoms with E-state index in [0.717, 1.165) is 51.4 Å². The molecule has 0 aliphatic rings. The normalized spacial score (nSPS) is 13.7. The molecule has 0 bridgehead atoms. The third kappa shape index (κ3) is 22.1. The van der Waals surface area contributed by atoms with E-state index in [1.807, 2.05) is 0 Å². The van der Waals surface area contributed by atoms with Crippen LogP contribution in [0.1, 0.15) is 142 Å². The fourth-order valence-electron chi connectivity index (χ4n) is 4.00. The Morgan fingerprint density at radius 2 is 0.900 bits per heavy atom. The van der Waals surface area contributed by atoms with Crippen molar-refractivity contribution in [2.24, 2.45) is 0 Å². The van der Waals surface area contributed by atoms with Gasteiger partial charge in [0, 0.05) is 5.25 Å². The van der Waals surface area contributed by atoms with Crippen LogP contribution in [0.3, 0.4) is 0 Å². The first-order valence-corrected chi connectivity index (χ1v) is 14.0. The van der Waals surface area contributed by atoms with Crippen LogP contribution in [-0.4, -0.2) is 29.4 Å². The molecule has 176 valence electrons. The third-order valence-electron chi connectivity index (χ3n) is 5.99. The molecular formula is C24H49NaO4S. The number of hydrogen-bond acceptors (Lipinski definition) is 4. The zero-order chi connectivity index (χ0) is 21.8. The Labute approximate surface area is 210 Å². The molecule has 0 aromatic rings. The quantitative estimate of drug-likeness (QED) is 0.151. The summed E-state index contributed by atoms with van der Waals surface area (Å²) in [6.45, 7) is 4.40. The minimum atomic E-state index is -4.21. The van der Waals surface area contributed by atoms with Gasteiger partial charge < -0.3 is 9.66 Å². The molecule has 0 radical (unpaired) electrons. The molecule has 2 unspecified atom stereocenters. The minimum Gasteiger partial charge on any atom is -0.748 e. The third-order valence-corrected chi connectivity index (χ3v) is 7.28. The van der Waals surface area contributed by atoms with E-state index in [2.05, 4.69) is 13.8 Å². The summed E-state index contributed by atoms with van der Waals surface area (Å²) >= 11 is 0. The molecule has 4 nitrogen and oxygen atoms in total. The van der Waals surface area contributed by atoms with E-state index in [-0.39, 0.29) is 35.7 Å². The van der Waals surface area contributed by atoms with Crippen molar-refractivity contribution in [3.63, 3.8) is 0 Å². The number of aliphatic hydroxyl groups excluding tert-OH is 1. The Morgan fingerprint density at radius 3 is 1.33 bits per heavy atom. The van der Waals surface area contributed by atoms with Gasteiger partial charge in [-0.05, 0) is 25.7 Å². The van der Waals surface area contributed by atoms with Crippen molar-refractivity contribution >= 4 is 10.1 Å². The van der Waals surface area contributed by atoms with Crippen LogP contribution in [0.15, 0.2) is 0 Å². The maximum atomic E-state index is 11.5. The van der Waals surface area contributed by atoms with E-state index < -0.39 is 15.4 Å². The summed E-state index contributed by atoms with van der Waals surface area (Å²) in [5.41, 5.74) is 0. The Hall–Kier alpha value is 0.870. The molecule has 0 saturated heterocycles. The molecule has 2 atom stereocenters. The van der Waals surface area contributed by atoms with Crippen LogP contribution in [0, 0.1) is 0 Å². The van der Waals surface area contributed by atoms with E-state index in [4.69, 9.17) is 0 Å². The van der Waals surface area contributed by atoms with Crippen LogP contribution < -0.4 is 29.6 Å². The second kappa shape index (κ2) is 23.0. The molecule has 0 rings (SSSR count). The molecule has 0 aliphatic heterocycles. The molecule has 0 saturated carbocycles. The minimum absolute atomic E-state index is 0. The van der Waals surface area contributed by atoms with Crippen molar-refractivity contribution in [1.29, 1.82) is 0 Å². The van der Waals surface area contributed by atoms with E-state index in [9.17, 15) is 18.1 Å². The standard InChI is InChI=1S/C24H50O4S.Na/c1-3-5-7-9-10-11-12-13-14-16-21-24(29(26,27)28)22-18-17-20-23(25)19-15-8-6-4-2;/h23-25H,3-22H2,1-2H3,(H,26,27,28);/q;+1/p-1. The van der Waals surface area contributed by atoms with E-state index in [1.165, 1.54) is 64.2 Å². The molecule has 0 aliphatic carbocycles. The average Bonchev–Trinajstić information content (AvgIpc) is 2.67. The van der Waals surface area contributed by atoms with Crippen LogP contribution in [0.5, 0.6) is 0 Å². The predicted octanol–water partition coefficient (Wildman–Crippen LogP) is 4.11. The predicted molar refractivity (Wildman–Crippen MR) is 123 cm³/mol. The first-order valence-electron chi connectivity index (χ1n) is 12.5. The van der Waals surface area contributed by atoms with Gasteiger partial charge in [-0.15, -0.1) is 0 Å². The number of hydrogen-bond donors (Lipinski definition) is 1. The first kappa shape index (κ1) is 33.0. The fourth-order valence-corrected chi connectivity index (χ4v) is 4.91. The molecular weight excluding hydrogens is 407 g/mol. The van der Waals surface area contributed by atoms with E-state index in [0.29, 0.717) is 12.8 Å². The summed E-state index contributed by atoms with van der Waals surface area (Å²) in [6.07, 6.45) is 20.5.